The molecule has 2 aliphatic heterocycles. The van der Waals surface area contributed by atoms with Gasteiger partial charge in [0.25, 0.3) is 0 Å². The molecule has 4 atom stereocenters. The lowest BCUT2D eigenvalue weighted by molar-refractivity contribution is -0.141. The number of urea groups is 1. The van der Waals surface area contributed by atoms with E-state index < -0.39 is 5.97 Å². The van der Waals surface area contributed by atoms with Crippen molar-refractivity contribution in [2.75, 3.05) is 13.1 Å². The average molecular weight is 295 g/mol. The zero-order chi connectivity index (χ0) is 14.8. The van der Waals surface area contributed by atoms with Gasteiger partial charge in [0.2, 0.25) is 0 Å². The highest BCUT2D eigenvalue weighted by Gasteiger charge is 2.37. The summed E-state index contributed by atoms with van der Waals surface area (Å²) in [6.07, 6.45) is 6.72. The second kappa shape index (κ2) is 6.22. The highest BCUT2D eigenvalue weighted by atomic mass is 16.4. The lowest BCUT2D eigenvalue weighted by Gasteiger charge is -2.32. The molecule has 2 heterocycles. The number of hydrogen-bond acceptors (Lipinski definition) is 3. The summed E-state index contributed by atoms with van der Waals surface area (Å²) in [5, 5.41) is 15.1. The lowest BCUT2D eigenvalue weighted by Crippen LogP contribution is -2.51. The number of aliphatic carboxylic acids is 1. The van der Waals surface area contributed by atoms with Gasteiger partial charge in [-0.25, -0.2) is 4.79 Å². The molecule has 1 saturated carbocycles. The first kappa shape index (κ1) is 14.6. The molecule has 2 saturated heterocycles. The monoisotopic (exact) mass is 295 g/mol. The van der Waals surface area contributed by atoms with E-state index in [1.54, 1.807) is 0 Å². The number of nitrogens with zero attached hydrogens (tertiary/aromatic N) is 1. The van der Waals surface area contributed by atoms with Crippen molar-refractivity contribution in [2.24, 2.45) is 5.92 Å². The van der Waals surface area contributed by atoms with Crippen molar-refractivity contribution in [1.82, 2.24) is 15.5 Å². The van der Waals surface area contributed by atoms with E-state index >= 15 is 0 Å². The summed E-state index contributed by atoms with van der Waals surface area (Å²) < 4.78 is 0. The molecule has 3 aliphatic rings. The predicted molar refractivity (Wildman–Crippen MR) is 78.0 cm³/mol. The molecule has 3 fully saturated rings. The predicted octanol–water partition coefficient (Wildman–Crippen LogP) is 1.17. The van der Waals surface area contributed by atoms with E-state index in [-0.39, 0.29) is 24.0 Å². The smallest absolute Gasteiger partial charge is 0.315 e. The first-order valence-corrected chi connectivity index (χ1v) is 8.17. The Balaban J connectivity index is 1.45. The Hall–Kier alpha value is -1.30. The molecule has 3 rings (SSSR count). The summed E-state index contributed by atoms with van der Waals surface area (Å²) in [6, 6.07) is 0.639. The summed E-state index contributed by atoms with van der Waals surface area (Å²) in [5.41, 5.74) is 0. The van der Waals surface area contributed by atoms with Crippen molar-refractivity contribution in [3.8, 4) is 0 Å². The number of hydrogen-bond donors (Lipinski definition) is 3. The summed E-state index contributed by atoms with van der Waals surface area (Å²) in [4.78, 5) is 25.5. The molecule has 2 amide bonds. The summed E-state index contributed by atoms with van der Waals surface area (Å²) >= 11 is 0. The number of nitrogens with one attached hydrogen (secondary N) is 2. The molecule has 6 nitrogen and oxygen atoms in total. The van der Waals surface area contributed by atoms with Crippen molar-refractivity contribution in [1.29, 1.82) is 0 Å². The number of rotatable bonds is 3. The molecular weight excluding hydrogens is 270 g/mol. The van der Waals surface area contributed by atoms with Crippen molar-refractivity contribution >= 4 is 12.0 Å². The zero-order valence-electron chi connectivity index (χ0n) is 12.4. The summed E-state index contributed by atoms with van der Waals surface area (Å²) in [5.74, 6) is -1.04. The maximum atomic E-state index is 12.1. The molecule has 0 radical (unpaired) electrons. The Morgan fingerprint density at radius 1 is 1.00 bits per heavy atom. The second-order valence-electron chi connectivity index (χ2n) is 6.66. The molecule has 6 heteroatoms. The fourth-order valence-electron chi connectivity index (χ4n) is 4.15. The highest BCUT2D eigenvalue weighted by Crippen LogP contribution is 2.28. The fourth-order valence-corrected chi connectivity index (χ4v) is 4.15. The van der Waals surface area contributed by atoms with Crippen molar-refractivity contribution in [3.05, 3.63) is 0 Å². The van der Waals surface area contributed by atoms with Crippen LogP contribution in [-0.4, -0.2) is 53.2 Å². The minimum absolute atomic E-state index is 0.00922. The third-order valence-electron chi connectivity index (χ3n) is 5.29. The molecule has 21 heavy (non-hydrogen) atoms. The number of carbonyl (C=O) groups excluding carboxylic acids is 1. The number of carboxylic acid groups (broad SMARTS) is 1. The topological polar surface area (TPSA) is 81.7 Å². The van der Waals surface area contributed by atoms with E-state index in [1.165, 1.54) is 19.3 Å². The molecule has 0 aromatic rings. The van der Waals surface area contributed by atoms with Crippen molar-refractivity contribution in [2.45, 2.75) is 63.1 Å². The maximum absolute atomic E-state index is 12.1. The van der Waals surface area contributed by atoms with Crippen LogP contribution < -0.4 is 10.6 Å². The van der Waals surface area contributed by atoms with E-state index in [9.17, 15) is 9.59 Å². The van der Waals surface area contributed by atoms with Crippen LogP contribution in [0.5, 0.6) is 0 Å². The number of amides is 2. The molecule has 0 aromatic carbocycles. The number of carboxylic acids is 1. The second-order valence-corrected chi connectivity index (χ2v) is 6.66. The Labute approximate surface area is 125 Å². The lowest BCUT2D eigenvalue weighted by atomic mass is 9.99. The van der Waals surface area contributed by atoms with Gasteiger partial charge in [-0.3, -0.25) is 9.69 Å². The van der Waals surface area contributed by atoms with Gasteiger partial charge < -0.3 is 15.7 Å². The molecular formula is C15H25N3O3. The van der Waals surface area contributed by atoms with Gasteiger partial charge in [-0.1, -0.05) is 6.42 Å². The maximum Gasteiger partial charge on any atom is 0.315 e. The van der Waals surface area contributed by atoms with Gasteiger partial charge in [-0.15, -0.1) is 0 Å². The van der Waals surface area contributed by atoms with Crippen LogP contribution in [-0.2, 0) is 4.79 Å². The van der Waals surface area contributed by atoms with E-state index in [4.69, 9.17) is 5.11 Å². The van der Waals surface area contributed by atoms with E-state index in [0.717, 1.165) is 25.9 Å². The summed E-state index contributed by atoms with van der Waals surface area (Å²) in [7, 11) is 0. The van der Waals surface area contributed by atoms with Gasteiger partial charge in [-0.2, -0.15) is 0 Å². The van der Waals surface area contributed by atoms with Gasteiger partial charge >= 0.3 is 12.0 Å². The van der Waals surface area contributed by atoms with Crippen LogP contribution in [0.4, 0.5) is 4.79 Å². The van der Waals surface area contributed by atoms with Gasteiger partial charge in [-0.05, 0) is 45.1 Å². The average Bonchev–Trinajstić information content (AvgIpc) is 3.07. The molecule has 1 aliphatic carbocycles. The zero-order valence-corrected chi connectivity index (χ0v) is 12.4. The van der Waals surface area contributed by atoms with E-state index in [0.29, 0.717) is 18.9 Å². The Bertz CT molecular complexity index is 415. The quantitative estimate of drug-likeness (QED) is 0.730. The molecule has 0 aromatic heterocycles. The molecule has 0 spiro atoms. The fraction of sp³-hybridized carbons (Fsp3) is 0.867. The summed E-state index contributed by atoms with van der Waals surface area (Å²) in [6.45, 7) is 2.24. The number of fused-ring (bicyclic) bond motifs is 1. The first-order chi connectivity index (χ1) is 10.1. The third-order valence-corrected chi connectivity index (χ3v) is 5.29. The van der Waals surface area contributed by atoms with Crippen LogP contribution in [0.2, 0.25) is 0 Å². The standard InChI is InChI=1S/C15H25N3O3/c19-14(20)10-4-5-11(9-10)16-15(21)17-12-6-8-18-7-2-1-3-13(12)18/h10-13H,1-9H2,(H,19,20)(H2,16,17,21)/t10-,11+,12?,13?/m1/s1. The Kier molecular flexibility index (Phi) is 4.33. The normalized spacial score (nSPS) is 36.2. The highest BCUT2D eigenvalue weighted by molar-refractivity contribution is 5.75. The van der Waals surface area contributed by atoms with E-state index in [1.807, 2.05) is 0 Å². The Morgan fingerprint density at radius 2 is 1.86 bits per heavy atom. The minimum atomic E-state index is -0.742. The van der Waals surface area contributed by atoms with E-state index in [2.05, 4.69) is 15.5 Å². The van der Waals surface area contributed by atoms with Crippen LogP contribution in [0.25, 0.3) is 0 Å². The minimum Gasteiger partial charge on any atom is -0.481 e. The van der Waals surface area contributed by atoms with Crippen LogP contribution >= 0.6 is 0 Å². The number of piperidine rings is 1. The van der Waals surface area contributed by atoms with Crippen LogP contribution in [0, 0.1) is 5.92 Å². The largest absolute Gasteiger partial charge is 0.481 e. The van der Waals surface area contributed by atoms with Gasteiger partial charge in [0.15, 0.2) is 0 Å². The molecule has 118 valence electrons. The molecule has 0 bridgehead atoms. The van der Waals surface area contributed by atoms with Crippen molar-refractivity contribution in [3.63, 3.8) is 0 Å². The van der Waals surface area contributed by atoms with Gasteiger partial charge in [0.1, 0.15) is 0 Å². The first-order valence-electron chi connectivity index (χ1n) is 8.17. The van der Waals surface area contributed by atoms with Crippen LogP contribution in [0.1, 0.15) is 44.9 Å². The van der Waals surface area contributed by atoms with Gasteiger partial charge in [0, 0.05) is 24.7 Å². The molecule has 3 N–H and O–H groups in total. The van der Waals surface area contributed by atoms with Crippen LogP contribution in [0.15, 0.2) is 0 Å². The Morgan fingerprint density at radius 3 is 2.62 bits per heavy atom. The number of carbonyl (C=O) groups is 2. The van der Waals surface area contributed by atoms with Gasteiger partial charge in [0.05, 0.1) is 5.92 Å². The third kappa shape index (κ3) is 3.31. The molecule has 2 unspecified atom stereocenters. The van der Waals surface area contributed by atoms with Crippen LogP contribution in [0.3, 0.4) is 0 Å². The van der Waals surface area contributed by atoms with Crippen molar-refractivity contribution < 1.29 is 14.7 Å². The SMILES string of the molecule is O=C(NC1CCN2CCCCC12)N[C@H]1CC[C@@H](C(=O)O)C1.